The van der Waals surface area contributed by atoms with Crippen LogP contribution in [0.5, 0.6) is 0 Å². The van der Waals surface area contributed by atoms with Crippen LogP contribution in [0.2, 0.25) is 0 Å². The molecular formula is C17H17FN2. The van der Waals surface area contributed by atoms with Crippen LogP contribution in [0.15, 0.2) is 42.5 Å². The third-order valence-corrected chi connectivity index (χ3v) is 3.41. The standard InChI is InChI=1S/C17H17FN2/c1-3-17(20-2)14-6-4-5-13(9-14)15-7-12(11-19)8-16(18)10-15/h4-10,17,20H,3H2,1-2H3. The number of benzene rings is 2. The van der Waals surface area contributed by atoms with Gasteiger partial charge in [0, 0.05) is 6.04 Å². The van der Waals surface area contributed by atoms with Crippen molar-refractivity contribution in [1.82, 2.24) is 5.32 Å². The largest absolute Gasteiger partial charge is 0.313 e. The summed E-state index contributed by atoms with van der Waals surface area (Å²) in [6.07, 6.45) is 0.979. The number of nitrogens with zero attached hydrogens (tertiary/aromatic N) is 1. The maximum Gasteiger partial charge on any atom is 0.125 e. The molecule has 1 unspecified atom stereocenters. The lowest BCUT2D eigenvalue weighted by molar-refractivity contribution is 0.577. The quantitative estimate of drug-likeness (QED) is 0.908. The molecule has 1 N–H and O–H groups in total. The van der Waals surface area contributed by atoms with Crippen LogP contribution in [-0.2, 0) is 0 Å². The summed E-state index contributed by atoms with van der Waals surface area (Å²) in [6, 6.07) is 14.7. The molecule has 0 aromatic heterocycles. The van der Waals surface area contributed by atoms with E-state index >= 15 is 0 Å². The van der Waals surface area contributed by atoms with Gasteiger partial charge in [0.25, 0.3) is 0 Å². The lowest BCUT2D eigenvalue weighted by atomic mass is 9.97. The summed E-state index contributed by atoms with van der Waals surface area (Å²) < 4.78 is 13.5. The molecule has 0 amide bonds. The zero-order valence-corrected chi connectivity index (χ0v) is 11.7. The summed E-state index contributed by atoms with van der Waals surface area (Å²) in [5.41, 5.74) is 3.16. The van der Waals surface area contributed by atoms with Gasteiger partial charge in [-0.25, -0.2) is 4.39 Å². The highest BCUT2D eigenvalue weighted by atomic mass is 19.1. The number of halogens is 1. The Hall–Kier alpha value is -2.18. The SMILES string of the molecule is CCC(NC)c1cccc(-c2cc(F)cc(C#N)c2)c1. The Bertz CT molecular complexity index is 640. The summed E-state index contributed by atoms with van der Waals surface area (Å²) in [5, 5.41) is 12.2. The molecule has 2 nitrogen and oxygen atoms in total. The second kappa shape index (κ2) is 6.31. The molecule has 3 heteroatoms. The summed E-state index contributed by atoms with van der Waals surface area (Å²) in [5.74, 6) is -0.384. The first-order valence-electron chi connectivity index (χ1n) is 6.66. The second-order valence-electron chi connectivity index (χ2n) is 4.72. The van der Waals surface area contributed by atoms with E-state index in [1.54, 1.807) is 6.07 Å². The molecule has 1 atom stereocenters. The van der Waals surface area contributed by atoms with Gasteiger partial charge in [0.05, 0.1) is 11.6 Å². The first-order chi connectivity index (χ1) is 9.67. The van der Waals surface area contributed by atoms with E-state index in [0.717, 1.165) is 23.1 Å². The summed E-state index contributed by atoms with van der Waals surface area (Å²) >= 11 is 0. The van der Waals surface area contributed by atoms with Crippen molar-refractivity contribution < 1.29 is 4.39 Å². The Morgan fingerprint density at radius 1 is 1.20 bits per heavy atom. The van der Waals surface area contributed by atoms with Crippen LogP contribution in [0.25, 0.3) is 11.1 Å². The van der Waals surface area contributed by atoms with E-state index in [0.29, 0.717) is 5.56 Å². The maximum atomic E-state index is 13.5. The van der Waals surface area contributed by atoms with E-state index in [-0.39, 0.29) is 11.9 Å². The van der Waals surface area contributed by atoms with Gasteiger partial charge < -0.3 is 5.32 Å². The van der Waals surface area contributed by atoms with E-state index in [9.17, 15) is 4.39 Å². The van der Waals surface area contributed by atoms with Crippen LogP contribution in [0.4, 0.5) is 4.39 Å². The molecule has 0 fully saturated rings. The molecular weight excluding hydrogens is 251 g/mol. The van der Waals surface area contributed by atoms with Crippen molar-refractivity contribution in [2.75, 3.05) is 7.05 Å². The summed E-state index contributed by atoms with van der Waals surface area (Å²) in [7, 11) is 1.93. The third-order valence-electron chi connectivity index (χ3n) is 3.41. The minimum absolute atomic E-state index is 0.277. The van der Waals surface area contributed by atoms with Crippen LogP contribution >= 0.6 is 0 Å². The molecule has 0 bridgehead atoms. The highest BCUT2D eigenvalue weighted by Gasteiger charge is 2.09. The van der Waals surface area contributed by atoms with Gasteiger partial charge in [0.1, 0.15) is 5.82 Å². The lowest BCUT2D eigenvalue weighted by Crippen LogP contribution is -2.15. The van der Waals surface area contributed by atoms with Crippen LogP contribution in [0.3, 0.4) is 0 Å². The summed E-state index contributed by atoms with van der Waals surface area (Å²) in [4.78, 5) is 0. The van der Waals surface area contributed by atoms with Crippen LogP contribution in [-0.4, -0.2) is 7.05 Å². The first-order valence-corrected chi connectivity index (χ1v) is 6.66. The molecule has 0 radical (unpaired) electrons. The monoisotopic (exact) mass is 268 g/mol. The molecule has 102 valence electrons. The van der Waals surface area contributed by atoms with Gasteiger partial charge in [-0.2, -0.15) is 5.26 Å². The predicted molar refractivity (Wildman–Crippen MR) is 78.6 cm³/mol. The molecule has 0 heterocycles. The van der Waals surface area contributed by atoms with Crippen molar-refractivity contribution in [2.45, 2.75) is 19.4 Å². The molecule has 2 aromatic carbocycles. The predicted octanol–water partition coefficient (Wildman–Crippen LogP) is 4.03. The smallest absolute Gasteiger partial charge is 0.125 e. The molecule has 0 aliphatic heterocycles. The molecule has 0 aliphatic carbocycles. The first kappa shape index (κ1) is 14.2. The highest BCUT2D eigenvalue weighted by Crippen LogP contribution is 2.26. The molecule has 0 saturated carbocycles. The zero-order chi connectivity index (χ0) is 14.5. The van der Waals surface area contributed by atoms with Gasteiger partial charge in [-0.15, -0.1) is 0 Å². The van der Waals surface area contributed by atoms with Crippen molar-refractivity contribution >= 4 is 0 Å². The van der Waals surface area contributed by atoms with Gasteiger partial charge in [0.2, 0.25) is 0 Å². The van der Waals surface area contributed by atoms with E-state index in [1.807, 2.05) is 31.3 Å². The average molecular weight is 268 g/mol. The molecule has 0 spiro atoms. The Morgan fingerprint density at radius 3 is 2.65 bits per heavy atom. The van der Waals surface area contributed by atoms with Gasteiger partial charge in [-0.1, -0.05) is 25.1 Å². The van der Waals surface area contributed by atoms with Crippen molar-refractivity contribution in [2.24, 2.45) is 0 Å². The number of hydrogen-bond acceptors (Lipinski definition) is 2. The topological polar surface area (TPSA) is 35.8 Å². The minimum atomic E-state index is -0.384. The fraction of sp³-hybridized carbons (Fsp3) is 0.235. The van der Waals surface area contributed by atoms with Crippen molar-refractivity contribution in [3.05, 3.63) is 59.4 Å². The number of hydrogen-bond donors (Lipinski definition) is 1. The second-order valence-corrected chi connectivity index (χ2v) is 4.72. The Morgan fingerprint density at radius 2 is 2.00 bits per heavy atom. The van der Waals surface area contributed by atoms with Crippen molar-refractivity contribution in [1.29, 1.82) is 5.26 Å². The zero-order valence-electron chi connectivity index (χ0n) is 11.7. The Labute approximate surface area is 118 Å². The number of rotatable bonds is 4. The van der Waals surface area contributed by atoms with Gasteiger partial charge in [0.15, 0.2) is 0 Å². The van der Waals surface area contributed by atoms with Crippen LogP contribution < -0.4 is 5.32 Å². The van der Waals surface area contributed by atoms with Crippen LogP contribution in [0.1, 0.15) is 30.5 Å². The Kier molecular flexibility index (Phi) is 4.49. The van der Waals surface area contributed by atoms with Crippen molar-refractivity contribution in [3.8, 4) is 17.2 Å². The fourth-order valence-electron chi connectivity index (χ4n) is 2.36. The van der Waals surface area contributed by atoms with Gasteiger partial charge >= 0.3 is 0 Å². The molecule has 2 rings (SSSR count). The number of nitriles is 1. The third kappa shape index (κ3) is 3.04. The minimum Gasteiger partial charge on any atom is -0.313 e. The van der Waals surface area contributed by atoms with E-state index in [2.05, 4.69) is 18.3 Å². The van der Waals surface area contributed by atoms with Crippen molar-refractivity contribution in [3.63, 3.8) is 0 Å². The molecule has 0 saturated heterocycles. The van der Waals surface area contributed by atoms with E-state index in [1.165, 1.54) is 12.1 Å². The Balaban J connectivity index is 2.46. The number of nitrogens with one attached hydrogen (secondary N) is 1. The fourth-order valence-corrected chi connectivity index (χ4v) is 2.36. The lowest BCUT2D eigenvalue weighted by Gasteiger charge is -2.15. The summed E-state index contributed by atoms with van der Waals surface area (Å²) in [6.45, 7) is 2.11. The molecule has 2 aromatic rings. The average Bonchev–Trinajstić information content (AvgIpc) is 2.48. The molecule has 20 heavy (non-hydrogen) atoms. The van der Waals surface area contributed by atoms with Gasteiger partial charge in [-0.3, -0.25) is 0 Å². The van der Waals surface area contributed by atoms with E-state index in [4.69, 9.17) is 5.26 Å². The van der Waals surface area contributed by atoms with E-state index < -0.39 is 0 Å². The van der Waals surface area contributed by atoms with Crippen LogP contribution in [0, 0.1) is 17.1 Å². The van der Waals surface area contributed by atoms with Gasteiger partial charge in [-0.05, 0) is 54.4 Å². The highest BCUT2D eigenvalue weighted by molar-refractivity contribution is 5.66. The maximum absolute atomic E-state index is 13.5. The molecule has 0 aliphatic rings. The normalized spacial score (nSPS) is 11.9.